The summed E-state index contributed by atoms with van der Waals surface area (Å²) in [6.45, 7) is 9.66. The van der Waals surface area contributed by atoms with E-state index in [2.05, 4.69) is 19.2 Å². The third kappa shape index (κ3) is 2.94. The molecule has 1 aliphatic heterocycles. The molecule has 1 rings (SSSR count). The monoisotopic (exact) mass is 201 g/mol. The molecule has 0 aromatic rings. The van der Waals surface area contributed by atoms with Gasteiger partial charge in [0, 0.05) is 18.7 Å². The molecule has 0 aliphatic carbocycles. The van der Waals surface area contributed by atoms with Crippen molar-refractivity contribution in [3.63, 3.8) is 0 Å². The van der Waals surface area contributed by atoms with Crippen molar-refractivity contribution in [2.24, 2.45) is 0 Å². The molecule has 1 fully saturated rings. The molecule has 84 valence electrons. The molecule has 0 radical (unpaired) electrons. The fourth-order valence-electron chi connectivity index (χ4n) is 1.78. The minimum absolute atomic E-state index is 0.211. The van der Waals surface area contributed by atoms with Crippen molar-refractivity contribution in [3.05, 3.63) is 0 Å². The molecular formula is C11H23NO2. The van der Waals surface area contributed by atoms with Gasteiger partial charge in [0.1, 0.15) is 0 Å². The van der Waals surface area contributed by atoms with Gasteiger partial charge >= 0.3 is 0 Å². The average molecular weight is 201 g/mol. The highest BCUT2D eigenvalue weighted by atomic mass is 16.5. The van der Waals surface area contributed by atoms with Crippen molar-refractivity contribution in [3.8, 4) is 0 Å². The lowest BCUT2D eigenvalue weighted by atomic mass is 9.92. The van der Waals surface area contributed by atoms with Crippen molar-refractivity contribution < 1.29 is 9.47 Å². The van der Waals surface area contributed by atoms with Crippen molar-refractivity contribution in [1.82, 2.24) is 5.32 Å². The molecule has 1 N–H and O–H groups in total. The first-order valence-electron chi connectivity index (χ1n) is 5.70. The fraction of sp³-hybridized carbons (Fsp3) is 1.00. The summed E-state index contributed by atoms with van der Waals surface area (Å²) in [5, 5.41) is 3.59. The summed E-state index contributed by atoms with van der Waals surface area (Å²) in [5.74, 6) is 0. The third-order valence-electron chi connectivity index (χ3n) is 3.16. The Morgan fingerprint density at radius 1 is 1.36 bits per heavy atom. The zero-order valence-corrected chi connectivity index (χ0v) is 9.64. The van der Waals surface area contributed by atoms with Gasteiger partial charge in [-0.25, -0.2) is 0 Å². The highest BCUT2D eigenvalue weighted by molar-refractivity contribution is 4.90. The number of morpholine rings is 1. The van der Waals surface area contributed by atoms with Crippen LogP contribution in [0.3, 0.4) is 0 Å². The van der Waals surface area contributed by atoms with E-state index in [9.17, 15) is 0 Å². The van der Waals surface area contributed by atoms with Crippen LogP contribution < -0.4 is 5.32 Å². The highest BCUT2D eigenvalue weighted by Gasteiger charge is 2.32. The lowest BCUT2D eigenvalue weighted by Gasteiger charge is -2.40. The molecule has 0 saturated carbocycles. The van der Waals surface area contributed by atoms with Gasteiger partial charge in [-0.1, -0.05) is 13.8 Å². The molecule has 0 spiro atoms. The Morgan fingerprint density at radius 3 is 2.50 bits per heavy atom. The SMILES string of the molecule is CCOCC1CNC(CC)(CC)CO1. The topological polar surface area (TPSA) is 30.5 Å². The lowest BCUT2D eigenvalue weighted by Crippen LogP contribution is -2.57. The standard InChI is InChI=1S/C11H23NO2/c1-4-11(5-2)9-14-10(7-12-11)8-13-6-3/h10,12H,4-9H2,1-3H3. The number of rotatable bonds is 5. The van der Waals surface area contributed by atoms with E-state index in [1.54, 1.807) is 0 Å². The van der Waals surface area contributed by atoms with E-state index in [0.717, 1.165) is 32.6 Å². The van der Waals surface area contributed by atoms with Crippen molar-refractivity contribution in [2.45, 2.75) is 45.3 Å². The van der Waals surface area contributed by atoms with Gasteiger partial charge < -0.3 is 14.8 Å². The summed E-state index contributed by atoms with van der Waals surface area (Å²) in [5.41, 5.74) is 0.211. The normalized spacial score (nSPS) is 26.4. The molecule has 1 aliphatic rings. The Morgan fingerprint density at radius 2 is 2.07 bits per heavy atom. The Kier molecular flexibility index (Phi) is 4.85. The van der Waals surface area contributed by atoms with E-state index in [-0.39, 0.29) is 11.6 Å². The van der Waals surface area contributed by atoms with Crippen molar-refractivity contribution in [2.75, 3.05) is 26.4 Å². The van der Waals surface area contributed by atoms with Gasteiger partial charge in [0.05, 0.1) is 19.3 Å². The Hall–Kier alpha value is -0.120. The molecule has 1 saturated heterocycles. The van der Waals surface area contributed by atoms with Crippen LogP contribution in [0.5, 0.6) is 0 Å². The van der Waals surface area contributed by atoms with E-state index in [0.29, 0.717) is 6.61 Å². The average Bonchev–Trinajstić information content (AvgIpc) is 2.27. The highest BCUT2D eigenvalue weighted by Crippen LogP contribution is 2.20. The molecule has 1 atom stereocenters. The zero-order valence-electron chi connectivity index (χ0n) is 9.64. The maximum atomic E-state index is 5.79. The van der Waals surface area contributed by atoms with E-state index < -0.39 is 0 Å². The Bertz CT molecular complexity index is 147. The van der Waals surface area contributed by atoms with Crippen LogP contribution in [-0.2, 0) is 9.47 Å². The molecule has 3 nitrogen and oxygen atoms in total. The Balaban J connectivity index is 2.29. The van der Waals surface area contributed by atoms with Gasteiger partial charge in [-0.3, -0.25) is 0 Å². The van der Waals surface area contributed by atoms with Crippen LogP contribution >= 0.6 is 0 Å². The first-order chi connectivity index (χ1) is 6.76. The van der Waals surface area contributed by atoms with Crippen LogP contribution in [0.25, 0.3) is 0 Å². The van der Waals surface area contributed by atoms with Crippen LogP contribution in [0.2, 0.25) is 0 Å². The van der Waals surface area contributed by atoms with Crippen LogP contribution in [0, 0.1) is 0 Å². The molecular weight excluding hydrogens is 178 g/mol. The van der Waals surface area contributed by atoms with E-state index in [1.807, 2.05) is 6.92 Å². The van der Waals surface area contributed by atoms with E-state index in [1.165, 1.54) is 0 Å². The largest absolute Gasteiger partial charge is 0.379 e. The second-order valence-corrected chi connectivity index (χ2v) is 3.96. The molecule has 14 heavy (non-hydrogen) atoms. The molecule has 0 aromatic heterocycles. The van der Waals surface area contributed by atoms with Gasteiger partial charge in [0.25, 0.3) is 0 Å². The maximum absolute atomic E-state index is 5.79. The van der Waals surface area contributed by atoms with E-state index >= 15 is 0 Å². The molecule has 1 heterocycles. The second kappa shape index (κ2) is 5.69. The zero-order chi connectivity index (χ0) is 10.4. The van der Waals surface area contributed by atoms with Crippen molar-refractivity contribution >= 4 is 0 Å². The van der Waals surface area contributed by atoms with Crippen LogP contribution in [0.4, 0.5) is 0 Å². The summed E-state index contributed by atoms with van der Waals surface area (Å²) >= 11 is 0. The van der Waals surface area contributed by atoms with Crippen LogP contribution in [0.1, 0.15) is 33.6 Å². The molecule has 0 bridgehead atoms. The first kappa shape index (κ1) is 12.0. The third-order valence-corrected chi connectivity index (χ3v) is 3.16. The quantitative estimate of drug-likeness (QED) is 0.732. The Labute approximate surface area is 87.2 Å². The minimum atomic E-state index is 0.211. The lowest BCUT2D eigenvalue weighted by molar-refractivity contribution is -0.0710. The van der Waals surface area contributed by atoms with Crippen LogP contribution in [-0.4, -0.2) is 38.0 Å². The summed E-state index contributed by atoms with van der Waals surface area (Å²) in [6.07, 6.45) is 2.50. The fourth-order valence-corrected chi connectivity index (χ4v) is 1.78. The minimum Gasteiger partial charge on any atom is -0.379 e. The summed E-state index contributed by atoms with van der Waals surface area (Å²) in [7, 11) is 0. The van der Waals surface area contributed by atoms with Gasteiger partial charge in [-0.2, -0.15) is 0 Å². The number of hydrogen-bond acceptors (Lipinski definition) is 3. The first-order valence-corrected chi connectivity index (χ1v) is 5.70. The van der Waals surface area contributed by atoms with E-state index in [4.69, 9.17) is 9.47 Å². The summed E-state index contributed by atoms with van der Waals surface area (Å²) in [4.78, 5) is 0. The smallest absolute Gasteiger partial charge is 0.0933 e. The summed E-state index contributed by atoms with van der Waals surface area (Å²) < 4.78 is 11.1. The molecule has 1 unspecified atom stereocenters. The van der Waals surface area contributed by atoms with Gasteiger partial charge in [0.15, 0.2) is 0 Å². The van der Waals surface area contributed by atoms with Gasteiger partial charge in [-0.15, -0.1) is 0 Å². The van der Waals surface area contributed by atoms with Crippen molar-refractivity contribution in [1.29, 1.82) is 0 Å². The molecule has 0 aromatic carbocycles. The van der Waals surface area contributed by atoms with Crippen LogP contribution in [0.15, 0.2) is 0 Å². The summed E-state index contributed by atoms with van der Waals surface area (Å²) in [6, 6.07) is 0. The second-order valence-electron chi connectivity index (χ2n) is 3.96. The number of ether oxygens (including phenoxy) is 2. The maximum Gasteiger partial charge on any atom is 0.0933 e. The molecule has 3 heteroatoms. The predicted octanol–water partition coefficient (Wildman–Crippen LogP) is 1.57. The van der Waals surface area contributed by atoms with Gasteiger partial charge in [0.2, 0.25) is 0 Å². The number of hydrogen-bond donors (Lipinski definition) is 1. The van der Waals surface area contributed by atoms with Gasteiger partial charge in [-0.05, 0) is 19.8 Å². The molecule has 0 amide bonds. The number of nitrogens with one attached hydrogen (secondary N) is 1. The predicted molar refractivity (Wildman–Crippen MR) is 57.5 cm³/mol.